The average molecular weight is 463 g/mol. The molecular weight excluding hydrogens is 433 g/mol. The molecule has 1 rings (SSSR count). The summed E-state index contributed by atoms with van der Waals surface area (Å²) in [7, 11) is -3.00. The highest BCUT2D eigenvalue weighted by Gasteiger charge is 2.40. The number of nitrogens with zero attached hydrogens (tertiary/aromatic N) is 2. The lowest BCUT2D eigenvalue weighted by molar-refractivity contribution is 0.353. The van der Waals surface area contributed by atoms with Gasteiger partial charge in [-0.15, -0.1) is 24.0 Å². The van der Waals surface area contributed by atoms with Crippen LogP contribution in [0.2, 0.25) is 0 Å². The normalized spacial score (nSPS) is 20.4. The SMILES string of the molecule is CCNC(=NCCCCSC)N1CCS(=O)(=O)C(C)(C)C1.I. The van der Waals surface area contributed by atoms with Crippen LogP contribution in [0.1, 0.15) is 33.6 Å². The van der Waals surface area contributed by atoms with Crippen molar-refractivity contribution in [3.8, 4) is 0 Å². The Morgan fingerprint density at radius 3 is 2.59 bits per heavy atom. The molecule has 8 heteroatoms. The first kappa shape index (κ1) is 22.3. The molecule has 0 spiro atoms. The number of thioether (sulfide) groups is 1. The Balaban J connectivity index is 0.00000441. The van der Waals surface area contributed by atoms with Crippen LogP contribution in [0.5, 0.6) is 0 Å². The molecule has 1 aliphatic rings. The number of aliphatic imine (C=N–C) groups is 1. The van der Waals surface area contributed by atoms with E-state index in [0.29, 0.717) is 13.1 Å². The predicted octanol–water partition coefficient (Wildman–Crippen LogP) is 2.22. The molecule has 0 aromatic heterocycles. The summed E-state index contributed by atoms with van der Waals surface area (Å²) < 4.78 is 23.4. The van der Waals surface area contributed by atoms with Gasteiger partial charge >= 0.3 is 0 Å². The summed E-state index contributed by atoms with van der Waals surface area (Å²) in [5.41, 5.74) is 0. The van der Waals surface area contributed by atoms with Crippen LogP contribution in [-0.4, -0.2) is 68.0 Å². The second-order valence-electron chi connectivity index (χ2n) is 5.94. The highest BCUT2D eigenvalue weighted by Crippen LogP contribution is 2.23. The van der Waals surface area contributed by atoms with Gasteiger partial charge in [-0.3, -0.25) is 4.99 Å². The van der Waals surface area contributed by atoms with Gasteiger partial charge in [0.25, 0.3) is 0 Å². The number of hydrogen-bond donors (Lipinski definition) is 1. The van der Waals surface area contributed by atoms with Crippen LogP contribution >= 0.6 is 35.7 Å². The monoisotopic (exact) mass is 463 g/mol. The van der Waals surface area contributed by atoms with Crippen LogP contribution in [0.4, 0.5) is 0 Å². The molecule has 0 amide bonds. The summed E-state index contributed by atoms with van der Waals surface area (Å²) in [4.78, 5) is 6.73. The maximum atomic E-state index is 12.1. The van der Waals surface area contributed by atoms with Crippen molar-refractivity contribution in [3.63, 3.8) is 0 Å². The second kappa shape index (κ2) is 10.2. The number of rotatable bonds is 6. The van der Waals surface area contributed by atoms with Gasteiger partial charge in [0.15, 0.2) is 15.8 Å². The largest absolute Gasteiger partial charge is 0.357 e. The summed E-state index contributed by atoms with van der Waals surface area (Å²) in [5, 5.41) is 3.28. The average Bonchev–Trinajstić information content (AvgIpc) is 2.40. The smallest absolute Gasteiger partial charge is 0.193 e. The van der Waals surface area contributed by atoms with Crippen molar-refractivity contribution in [1.82, 2.24) is 10.2 Å². The molecular formula is C14H30IN3O2S2. The molecule has 1 aliphatic heterocycles. The minimum absolute atomic E-state index is 0. The van der Waals surface area contributed by atoms with Gasteiger partial charge in [0.1, 0.15) is 0 Å². The lowest BCUT2D eigenvalue weighted by Crippen LogP contribution is -2.57. The van der Waals surface area contributed by atoms with Crippen molar-refractivity contribution < 1.29 is 8.42 Å². The van der Waals surface area contributed by atoms with Gasteiger partial charge in [-0.2, -0.15) is 11.8 Å². The molecule has 0 bridgehead atoms. The Labute approximate surface area is 157 Å². The summed E-state index contributed by atoms with van der Waals surface area (Å²) in [6.45, 7) is 8.27. The molecule has 132 valence electrons. The van der Waals surface area contributed by atoms with E-state index >= 15 is 0 Å². The van der Waals surface area contributed by atoms with Crippen molar-refractivity contribution in [2.45, 2.75) is 38.4 Å². The Morgan fingerprint density at radius 1 is 1.36 bits per heavy atom. The first-order chi connectivity index (χ1) is 9.84. The Morgan fingerprint density at radius 2 is 2.05 bits per heavy atom. The standard InChI is InChI=1S/C14H29N3O2S2.HI/c1-5-15-13(16-8-6-7-10-20-4)17-9-11-21(18,19)14(2,3)12-17;/h5-12H2,1-4H3,(H,15,16);1H. The van der Waals surface area contributed by atoms with E-state index in [4.69, 9.17) is 0 Å². The van der Waals surface area contributed by atoms with Gasteiger partial charge in [-0.25, -0.2) is 8.42 Å². The lowest BCUT2D eigenvalue weighted by Gasteiger charge is -2.39. The van der Waals surface area contributed by atoms with Crippen LogP contribution in [0, 0.1) is 0 Å². The van der Waals surface area contributed by atoms with Gasteiger partial charge in [0, 0.05) is 26.2 Å². The number of unbranched alkanes of at least 4 members (excludes halogenated alkanes) is 1. The van der Waals surface area contributed by atoms with Gasteiger partial charge in [0.2, 0.25) is 0 Å². The fourth-order valence-corrected chi connectivity index (χ4v) is 4.15. The molecule has 0 atom stereocenters. The van der Waals surface area contributed by atoms with E-state index in [1.807, 2.05) is 18.7 Å². The zero-order chi connectivity index (χ0) is 15.9. The summed E-state index contributed by atoms with van der Waals surface area (Å²) in [5.74, 6) is 2.22. The van der Waals surface area contributed by atoms with E-state index in [1.165, 1.54) is 12.2 Å². The topological polar surface area (TPSA) is 61.8 Å². The molecule has 1 saturated heterocycles. The zero-order valence-electron chi connectivity index (χ0n) is 14.1. The van der Waals surface area contributed by atoms with Crippen molar-refractivity contribution in [1.29, 1.82) is 0 Å². The zero-order valence-corrected chi connectivity index (χ0v) is 18.1. The molecule has 1 heterocycles. The number of guanidine groups is 1. The fraction of sp³-hybridized carbons (Fsp3) is 0.929. The van der Waals surface area contributed by atoms with Crippen LogP contribution in [0.15, 0.2) is 4.99 Å². The third-order valence-electron chi connectivity index (χ3n) is 3.70. The van der Waals surface area contributed by atoms with Crippen LogP contribution in [0.3, 0.4) is 0 Å². The first-order valence-corrected chi connectivity index (χ1v) is 10.6. The predicted molar refractivity (Wildman–Crippen MR) is 108 cm³/mol. The van der Waals surface area contributed by atoms with Crippen molar-refractivity contribution >= 4 is 51.5 Å². The third kappa shape index (κ3) is 6.43. The number of sulfone groups is 1. The van der Waals surface area contributed by atoms with Crippen LogP contribution in [-0.2, 0) is 9.84 Å². The summed E-state index contributed by atoms with van der Waals surface area (Å²) in [6.07, 6.45) is 4.36. The molecule has 22 heavy (non-hydrogen) atoms. The minimum atomic E-state index is -3.00. The molecule has 1 N–H and O–H groups in total. The van der Waals surface area contributed by atoms with Crippen LogP contribution < -0.4 is 5.32 Å². The highest BCUT2D eigenvalue weighted by atomic mass is 127. The molecule has 0 saturated carbocycles. The Hall–Kier alpha value is 0.300. The van der Waals surface area contributed by atoms with Crippen molar-refractivity contribution in [2.75, 3.05) is 43.9 Å². The maximum absolute atomic E-state index is 12.1. The second-order valence-corrected chi connectivity index (χ2v) is 9.66. The van der Waals surface area contributed by atoms with E-state index in [0.717, 1.165) is 25.5 Å². The Kier molecular flexibility index (Phi) is 10.4. The van der Waals surface area contributed by atoms with Gasteiger partial charge in [-0.05, 0) is 45.6 Å². The fourth-order valence-electron chi connectivity index (χ4n) is 2.29. The van der Waals surface area contributed by atoms with E-state index in [2.05, 4.69) is 21.5 Å². The van der Waals surface area contributed by atoms with Gasteiger partial charge in [0.05, 0.1) is 10.5 Å². The molecule has 0 radical (unpaired) electrons. The maximum Gasteiger partial charge on any atom is 0.193 e. The van der Waals surface area contributed by atoms with Crippen LogP contribution in [0.25, 0.3) is 0 Å². The quantitative estimate of drug-likeness (QED) is 0.283. The molecule has 0 unspecified atom stereocenters. The van der Waals surface area contributed by atoms with Crippen molar-refractivity contribution in [2.24, 2.45) is 4.99 Å². The van der Waals surface area contributed by atoms with E-state index < -0.39 is 14.6 Å². The van der Waals surface area contributed by atoms with E-state index in [-0.39, 0.29) is 29.7 Å². The van der Waals surface area contributed by atoms with E-state index in [9.17, 15) is 8.42 Å². The van der Waals surface area contributed by atoms with Gasteiger partial charge < -0.3 is 10.2 Å². The number of hydrogen-bond acceptors (Lipinski definition) is 4. The molecule has 0 aromatic carbocycles. The van der Waals surface area contributed by atoms with Gasteiger partial charge in [-0.1, -0.05) is 0 Å². The number of halogens is 1. The molecule has 1 fully saturated rings. The summed E-state index contributed by atoms with van der Waals surface area (Å²) >= 11 is 1.86. The lowest BCUT2D eigenvalue weighted by atomic mass is 10.2. The molecule has 5 nitrogen and oxygen atoms in total. The number of nitrogens with one attached hydrogen (secondary N) is 1. The van der Waals surface area contributed by atoms with Crippen molar-refractivity contribution in [3.05, 3.63) is 0 Å². The first-order valence-electron chi connectivity index (χ1n) is 7.58. The third-order valence-corrected chi connectivity index (χ3v) is 6.93. The minimum Gasteiger partial charge on any atom is -0.357 e. The Bertz CT molecular complexity index is 453. The highest BCUT2D eigenvalue weighted by molar-refractivity contribution is 14.0. The van der Waals surface area contributed by atoms with E-state index in [1.54, 1.807) is 13.8 Å². The summed E-state index contributed by atoms with van der Waals surface area (Å²) in [6, 6.07) is 0. The molecule has 0 aromatic rings. The molecule has 0 aliphatic carbocycles.